The molecular formula is C34H36N4O3. The van der Waals surface area contributed by atoms with E-state index in [0.717, 1.165) is 59.0 Å². The number of hydrogen-bond acceptors (Lipinski definition) is 4. The molecule has 0 radical (unpaired) electrons. The number of nitrogens with one attached hydrogen (secondary N) is 3. The van der Waals surface area contributed by atoms with Gasteiger partial charge in [0.15, 0.2) is 0 Å². The van der Waals surface area contributed by atoms with Crippen LogP contribution in [0.3, 0.4) is 0 Å². The third kappa shape index (κ3) is 6.26. The Kier molecular flexibility index (Phi) is 8.65. The summed E-state index contributed by atoms with van der Waals surface area (Å²) in [5, 5.41) is 6.04. The van der Waals surface area contributed by atoms with Crippen LogP contribution in [0.2, 0.25) is 0 Å². The number of carbonyl (C=O) groups is 2. The van der Waals surface area contributed by atoms with Crippen LogP contribution in [0.15, 0.2) is 78.9 Å². The number of carbonyl (C=O) groups excluding carboxylic acids is 2. The van der Waals surface area contributed by atoms with Gasteiger partial charge >= 0.3 is 0 Å². The molecule has 210 valence electrons. The van der Waals surface area contributed by atoms with Crippen molar-refractivity contribution in [1.82, 2.24) is 15.2 Å². The lowest BCUT2D eigenvalue weighted by molar-refractivity contribution is -0.110. The molecule has 41 heavy (non-hydrogen) atoms. The van der Waals surface area contributed by atoms with Crippen molar-refractivity contribution in [3.8, 4) is 16.9 Å². The van der Waals surface area contributed by atoms with Crippen LogP contribution in [0.4, 0.5) is 5.69 Å². The molecule has 7 heteroatoms. The van der Waals surface area contributed by atoms with E-state index in [9.17, 15) is 9.59 Å². The number of H-pyrrole nitrogens is 1. The predicted octanol–water partition coefficient (Wildman–Crippen LogP) is 6.13. The van der Waals surface area contributed by atoms with Crippen LogP contribution in [0.5, 0.6) is 5.75 Å². The zero-order valence-corrected chi connectivity index (χ0v) is 23.8. The summed E-state index contributed by atoms with van der Waals surface area (Å²) < 4.78 is 6.00. The number of para-hydroxylation sites is 1. The maximum Gasteiger partial charge on any atom is 0.256 e. The molecule has 1 aromatic heterocycles. The monoisotopic (exact) mass is 548 g/mol. The van der Waals surface area contributed by atoms with E-state index in [1.54, 1.807) is 0 Å². The number of likely N-dealkylation sites (N-methyl/N-ethyl adjacent to an activating group) is 1. The number of aromatic amines is 1. The number of aromatic nitrogens is 1. The van der Waals surface area contributed by atoms with Crippen LogP contribution >= 0.6 is 0 Å². The standard InChI is InChI=1S/C34H36N4O3/c1-4-38(5-2)20-19-35-34(40)31-23(3)36-30(21-28-27-13-9-10-14-29(27)37-33(28)39)32(31)25-15-17-26(18-16-25)41-22-24-11-7-6-8-12-24/h6-18,21,36H,4-5,19-20,22H2,1-3H3,(H,35,40)(H,37,39)/b28-21-. The number of aryl methyl sites for hydroxylation is 1. The lowest BCUT2D eigenvalue weighted by Crippen LogP contribution is -2.35. The maximum absolute atomic E-state index is 13.6. The van der Waals surface area contributed by atoms with Gasteiger partial charge in [-0.3, -0.25) is 9.59 Å². The van der Waals surface area contributed by atoms with E-state index in [0.29, 0.717) is 30.0 Å². The number of anilines is 1. The minimum atomic E-state index is -0.167. The van der Waals surface area contributed by atoms with Crippen molar-refractivity contribution in [1.29, 1.82) is 0 Å². The van der Waals surface area contributed by atoms with Crippen molar-refractivity contribution in [2.45, 2.75) is 27.4 Å². The first-order chi connectivity index (χ1) is 20.0. The molecule has 7 nitrogen and oxygen atoms in total. The summed E-state index contributed by atoms with van der Waals surface area (Å²) in [6.07, 6.45) is 1.84. The average Bonchev–Trinajstić information content (AvgIpc) is 3.50. The van der Waals surface area contributed by atoms with Crippen LogP contribution in [0.25, 0.3) is 22.8 Å². The second-order valence-electron chi connectivity index (χ2n) is 10.1. The Morgan fingerprint density at radius 2 is 1.66 bits per heavy atom. The summed E-state index contributed by atoms with van der Waals surface area (Å²) in [5.74, 6) is 0.421. The molecule has 0 fully saturated rings. The Labute approximate surface area is 241 Å². The second-order valence-corrected chi connectivity index (χ2v) is 10.1. The summed E-state index contributed by atoms with van der Waals surface area (Å²) in [5.41, 5.74) is 6.88. The number of fused-ring (bicyclic) bond motifs is 1. The highest BCUT2D eigenvalue weighted by molar-refractivity contribution is 6.35. The van der Waals surface area contributed by atoms with Crippen molar-refractivity contribution in [3.63, 3.8) is 0 Å². The van der Waals surface area contributed by atoms with E-state index in [1.807, 2.05) is 91.9 Å². The van der Waals surface area contributed by atoms with Gasteiger partial charge in [0.1, 0.15) is 12.4 Å². The van der Waals surface area contributed by atoms with Crippen LogP contribution in [0.1, 0.15) is 46.7 Å². The number of benzene rings is 3. The number of nitrogens with zero attached hydrogens (tertiary/aromatic N) is 1. The highest BCUT2D eigenvalue weighted by Gasteiger charge is 2.27. The van der Waals surface area contributed by atoms with Crippen molar-refractivity contribution < 1.29 is 14.3 Å². The van der Waals surface area contributed by atoms with Crippen LogP contribution in [-0.4, -0.2) is 47.9 Å². The van der Waals surface area contributed by atoms with Crippen LogP contribution < -0.4 is 15.4 Å². The quantitative estimate of drug-likeness (QED) is 0.197. The van der Waals surface area contributed by atoms with Crippen molar-refractivity contribution in [2.24, 2.45) is 0 Å². The topological polar surface area (TPSA) is 86.5 Å². The fourth-order valence-electron chi connectivity index (χ4n) is 5.18. The Bertz CT molecular complexity index is 1550. The lowest BCUT2D eigenvalue weighted by Gasteiger charge is -2.18. The molecule has 0 aliphatic carbocycles. The number of amides is 2. The summed E-state index contributed by atoms with van der Waals surface area (Å²) in [4.78, 5) is 32.2. The third-order valence-corrected chi connectivity index (χ3v) is 7.44. The van der Waals surface area contributed by atoms with Gasteiger partial charge in [0.05, 0.1) is 11.1 Å². The minimum Gasteiger partial charge on any atom is -0.489 e. The first-order valence-corrected chi connectivity index (χ1v) is 14.1. The van der Waals surface area contributed by atoms with E-state index in [-0.39, 0.29) is 11.8 Å². The fraction of sp³-hybridized carbons (Fsp3) is 0.235. The number of hydrogen-bond donors (Lipinski definition) is 3. The molecular weight excluding hydrogens is 512 g/mol. The number of ether oxygens (including phenoxy) is 1. The van der Waals surface area contributed by atoms with Gasteiger partial charge in [-0.1, -0.05) is 74.5 Å². The molecule has 5 rings (SSSR count). The molecule has 2 amide bonds. The maximum atomic E-state index is 13.6. The average molecular weight is 549 g/mol. The van der Waals surface area contributed by atoms with E-state index in [4.69, 9.17) is 4.74 Å². The molecule has 0 spiro atoms. The lowest BCUT2D eigenvalue weighted by atomic mass is 9.97. The summed E-state index contributed by atoms with van der Waals surface area (Å²) in [6, 6.07) is 25.4. The fourth-order valence-corrected chi connectivity index (χ4v) is 5.18. The summed E-state index contributed by atoms with van der Waals surface area (Å²) in [6.45, 7) is 9.78. The number of rotatable bonds is 11. The first-order valence-electron chi connectivity index (χ1n) is 14.1. The van der Waals surface area contributed by atoms with Gasteiger partial charge in [-0.2, -0.15) is 0 Å². The molecule has 0 unspecified atom stereocenters. The molecule has 0 atom stereocenters. The van der Waals surface area contributed by atoms with Crippen LogP contribution in [0, 0.1) is 6.92 Å². The highest BCUT2D eigenvalue weighted by Crippen LogP contribution is 2.37. The summed E-state index contributed by atoms with van der Waals surface area (Å²) in [7, 11) is 0. The van der Waals surface area contributed by atoms with Gasteiger partial charge in [-0.15, -0.1) is 0 Å². The van der Waals surface area contributed by atoms with E-state index in [1.165, 1.54) is 0 Å². The normalized spacial score (nSPS) is 13.4. The van der Waals surface area contributed by atoms with E-state index >= 15 is 0 Å². The van der Waals surface area contributed by atoms with Gasteiger partial charge < -0.3 is 25.3 Å². The summed E-state index contributed by atoms with van der Waals surface area (Å²) >= 11 is 0. The molecule has 1 aliphatic rings. The molecule has 2 heterocycles. The molecule has 3 aromatic carbocycles. The van der Waals surface area contributed by atoms with E-state index in [2.05, 4.69) is 34.4 Å². The first kappa shape index (κ1) is 27.9. The predicted molar refractivity (Wildman–Crippen MR) is 165 cm³/mol. The minimum absolute atomic E-state index is 0.147. The van der Waals surface area contributed by atoms with Crippen LogP contribution in [-0.2, 0) is 11.4 Å². The second kappa shape index (κ2) is 12.7. The zero-order valence-electron chi connectivity index (χ0n) is 23.8. The molecule has 0 bridgehead atoms. The van der Waals surface area contributed by atoms with Crippen molar-refractivity contribution in [2.75, 3.05) is 31.5 Å². The molecule has 4 aromatic rings. The smallest absolute Gasteiger partial charge is 0.256 e. The molecule has 0 saturated heterocycles. The van der Waals surface area contributed by atoms with Gasteiger partial charge in [-0.05, 0) is 55.4 Å². The molecule has 0 saturated carbocycles. The van der Waals surface area contributed by atoms with Crippen molar-refractivity contribution >= 4 is 29.2 Å². The molecule has 1 aliphatic heterocycles. The Morgan fingerprint density at radius 3 is 2.39 bits per heavy atom. The van der Waals surface area contributed by atoms with Gasteiger partial charge in [0.25, 0.3) is 11.8 Å². The van der Waals surface area contributed by atoms with Gasteiger partial charge in [0, 0.05) is 41.3 Å². The molecule has 3 N–H and O–H groups in total. The third-order valence-electron chi connectivity index (χ3n) is 7.44. The van der Waals surface area contributed by atoms with Crippen molar-refractivity contribution in [3.05, 3.63) is 107 Å². The SMILES string of the molecule is CCN(CC)CCNC(=O)c1c(C)[nH]c(/C=C2\C(=O)Nc3ccccc32)c1-c1ccc(OCc2ccccc2)cc1. The Balaban J connectivity index is 1.48. The zero-order chi connectivity index (χ0) is 28.8. The van der Waals surface area contributed by atoms with Gasteiger partial charge in [-0.25, -0.2) is 0 Å². The largest absolute Gasteiger partial charge is 0.489 e. The van der Waals surface area contributed by atoms with Gasteiger partial charge in [0.2, 0.25) is 0 Å². The Hall–Kier alpha value is -4.62. The Morgan fingerprint density at radius 1 is 0.951 bits per heavy atom. The highest BCUT2D eigenvalue weighted by atomic mass is 16.5. The van der Waals surface area contributed by atoms with E-state index < -0.39 is 0 Å².